The smallest absolute Gasteiger partial charge is 0.224 e. The van der Waals surface area contributed by atoms with Crippen LogP contribution in [0.1, 0.15) is 52.9 Å². The molecule has 0 atom stereocenters. The summed E-state index contributed by atoms with van der Waals surface area (Å²) in [5.41, 5.74) is 1.57. The van der Waals surface area contributed by atoms with Gasteiger partial charge < -0.3 is 10.6 Å². The molecular weight excluding hydrogens is 248 g/mol. The van der Waals surface area contributed by atoms with E-state index in [1.54, 1.807) is 11.8 Å². The first kappa shape index (κ1) is 14.8. The predicted molar refractivity (Wildman–Crippen MR) is 85.1 cm³/mol. The van der Waals surface area contributed by atoms with Gasteiger partial charge in [-0.3, -0.25) is 0 Å². The van der Waals surface area contributed by atoms with Crippen molar-refractivity contribution in [1.29, 1.82) is 0 Å². The van der Waals surface area contributed by atoms with Gasteiger partial charge in [0.1, 0.15) is 5.82 Å². The van der Waals surface area contributed by atoms with Crippen LogP contribution >= 0.6 is 0 Å². The van der Waals surface area contributed by atoms with Crippen LogP contribution < -0.4 is 10.6 Å². The first-order chi connectivity index (χ1) is 9.53. The van der Waals surface area contributed by atoms with Crippen molar-refractivity contribution in [2.75, 3.05) is 17.2 Å². The second-order valence-electron chi connectivity index (χ2n) is 6.43. The lowest BCUT2D eigenvalue weighted by molar-refractivity contribution is 0.626. The van der Waals surface area contributed by atoms with Crippen molar-refractivity contribution in [3.8, 4) is 0 Å². The van der Waals surface area contributed by atoms with Gasteiger partial charge in [-0.25, -0.2) is 4.98 Å². The summed E-state index contributed by atoms with van der Waals surface area (Å²) in [6.07, 6.45) is 10.5. The summed E-state index contributed by atoms with van der Waals surface area (Å²) in [5.74, 6) is 1.57. The van der Waals surface area contributed by atoms with Crippen molar-refractivity contribution >= 4 is 11.8 Å². The van der Waals surface area contributed by atoms with E-state index >= 15 is 0 Å². The van der Waals surface area contributed by atoms with E-state index in [1.807, 2.05) is 6.07 Å². The lowest BCUT2D eigenvalue weighted by Crippen LogP contribution is -2.27. The number of anilines is 2. The molecule has 0 fully saturated rings. The van der Waals surface area contributed by atoms with Crippen molar-refractivity contribution in [2.45, 2.75) is 58.4 Å². The molecule has 110 valence electrons. The van der Waals surface area contributed by atoms with E-state index in [0.29, 0.717) is 5.95 Å². The van der Waals surface area contributed by atoms with Crippen molar-refractivity contribution in [3.05, 3.63) is 23.9 Å². The molecular formula is C16H26N4. The van der Waals surface area contributed by atoms with Crippen LogP contribution in [0, 0.1) is 0 Å². The van der Waals surface area contributed by atoms with Gasteiger partial charge in [-0.05, 0) is 58.9 Å². The summed E-state index contributed by atoms with van der Waals surface area (Å²) in [6, 6.07) is 1.92. The highest BCUT2D eigenvalue weighted by atomic mass is 15.2. The second-order valence-corrected chi connectivity index (χ2v) is 6.43. The molecule has 20 heavy (non-hydrogen) atoms. The van der Waals surface area contributed by atoms with Crippen molar-refractivity contribution in [3.63, 3.8) is 0 Å². The van der Waals surface area contributed by atoms with Crippen LogP contribution in [0.2, 0.25) is 0 Å². The van der Waals surface area contributed by atoms with Crippen LogP contribution in [0.25, 0.3) is 0 Å². The van der Waals surface area contributed by atoms with E-state index in [4.69, 9.17) is 0 Å². The number of hydrogen-bond donors (Lipinski definition) is 2. The molecule has 0 saturated carbocycles. The Balaban J connectivity index is 1.83. The average molecular weight is 274 g/mol. The molecule has 0 amide bonds. The lowest BCUT2D eigenvalue weighted by atomic mass is 9.97. The molecule has 0 spiro atoms. The molecule has 4 heteroatoms. The van der Waals surface area contributed by atoms with Gasteiger partial charge in [-0.1, -0.05) is 11.6 Å². The molecule has 1 heterocycles. The van der Waals surface area contributed by atoms with Crippen LogP contribution in [-0.2, 0) is 0 Å². The molecule has 1 aliphatic rings. The molecule has 0 radical (unpaired) electrons. The fraction of sp³-hybridized carbons (Fsp3) is 0.625. The van der Waals surface area contributed by atoms with Gasteiger partial charge in [0.2, 0.25) is 5.95 Å². The zero-order valence-corrected chi connectivity index (χ0v) is 12.9. The van der Waals surface area contributed by atoms with Gasteiger partial charge >= 0.3 is 0 Å². The van der Waals surface area contributed by atoms with Gasteiger partial charge in [0, 0.05) is 18.3 Å². The molecule has 1 aromatic rings. The Kier molecular flexibility index (Phi) is 4.99. The maximum absolute atomic E-state index is 4.49. The van der Waals surface area contributed by atoms with Gasteiger partial charge in [0.05, 0.1) is 0 Å². The maximum atomic E-state index is 4.49. The van der Waals surface area contributed by atoms with E-state index in [1.165, 1.54) is 25.7 Å². The predicted octanol–water partition coefficient (Wildman–Crippen LogP) is 3.99. The molecule has 2 N–H and O–H groups in total. The molecule has 0 aromatic carbocycles. The topological polar surface area (TPSA) is 49.8 Å². The lowest BCUT2D eigenvalue weighted by Gasteiger charge is -2.20. The highest BCUT2D eigenvalue weighted by Crippen LogP contribution is 2.20. The molecule has 0 unspecified atom stereocenters. The molecule has 0 aliphatic heterocycles. The Labute approximate surface area is 122 Å². The van der Waals surface area contributed by atoms with Gasteiger partial charge in [-0.2, -0.15) is 4.98 Å². The first-order valence-electron chi connectivity index (χ1n) is 7.56. The summed E-state index contributed by atoms with van der Waals surface area (Å²) in [5, 5.41) is 6.67. The third-order valence-corrected chi connectivity index (χ3v) is 3.28. The van der Waals surface area contributed by atoms with E-state index in [9.17, 15) is 0 Å². The van der Waals surface area contributed by atoms with Gasteiger partial charge in [0.25, 0.3) is 0 Å². The van der Waals surface area contributed by atoms with Crippen molar-refractivity contribution in [2.24, 2.45) is 0 Å². The second kappa shape index (κ2) is 6.73. The highest BCUT2D eigenvalue weighted by Gasteiger charge is 2.11. The van der Waals surface area contributed by atoms with E-state index < -0.39 is 0 Å². The van der Waals surface area contributed by atoms with Crippen LogP contribution in [-0.4, -0.2) is 22.1 Å². The van der Waals surface area contributed by atoms with Crippen molar-refractivity contribution in [1.82, 2.24) is 9.97 Å². The molecule has 0 bridgehead atoms. The third-order valence-electron chi connectivity index (χ3n) is 3.28. The summed E-state index contributed by atoms with van der Waals surface area (Å²) in [7, 11) is 0. The minimum Gasteiger partial charge on any atom is -0.370 e. The number of nitrogens with one attached hydrogen (secondary N) is 2. The zero-order valence-electron chi connectivity index (χ0n) is 12.9. The fourth-order valence-corrected chi connectivity index (χ4v) is 2.34. The minimum absolute atomic E-state index is 0.0223. The fourth-order valence-electron chi connectivity index (χ4n) is 2.34. The summed E-state index contributed by atoms with van der Waals surface area (Å²) in [4.78, 5) is 8.74. The Morgan fingerprint density at radius 1 is 1.25 bits per heavy atom. The Morgan fingerprint density at radius 3 is 2.80 bits per heavy atom. The SMILES string of the molecule is CC(C)(C)Nc1nccc(NCCC2=CCCCC2)n1. The monoisotopic (exact) mass is 274 g/mol. The third kappa shape index (κ3) is 5.19. The Morgan fingerprint density at radius 2 is 2.10 bits per heavy atom. The molecule has 1 aliphatic carbocycles. The van der Waals surface area contributed by atoms with Crippen LogP contribution in [0.5, 0.6) is 0 Å². The molecule has 1 aromatic heterocycles. The van der Waals surface area contributed by atoms with Gasteiger partial charge in [0.15, 0.2) is 0 Å². The molecule has 4 nitrogen and oxygen atoms in total. The average Bonchev–Trinajstić information content (AvgIpc) is 2.38. The Bertz CT molecular complexity index is 460. The zero-order chi connectivity index (χ0) is 14.4. The van der Waals surface area contributed by atoms with E-state index in [2.05, 4.69) is 47.4 Å². The van der Waals surface area contributed by atoms with Crippen molar-refractivity contribution < 1.29 is 0 Å². The van der Waals surface area contributed by atoms with Crippen LogP contribution in [0.3, 0.4) is 0 Å². The number of hydrogen-bond acceptors (Lipinski definition) is 4. The minimum atomic E-state index is -0.0223. The number of nitrogens with zero attached hydrogens (tertiary/aromatic N) is 2. The molecule has 2 rings (SSSR count). The normalized spacial score (nSPS) is 15.7. The van der Waals surface area contributed by atoms with Crippen LogP contribution in [0.15, 0.2) is 23.9 Å². The first-order valence-corrected chi connectivity index (χ1v) is 7.56. The van der Waals surface area contributed by atoms with Gasteiger partial charge in [-0.15, -0.1) is 0 Å². The number of allylic oxidation sites excluding steroid dienone is 1. The standard InChI is InChI=1S/C16H26N4/c1-16(2,3)20-15-18-12-10-14(19-15)17-11-9-13-7-5-4-6-8-13/h7,10,12H,4-6,8-9,11H2,1-3H3,(H2,17,18,19,20). The Hall–Kier alpha value is -1.58. The van der Waals surface area contributed by atoms with E-state index in [-0.39, 0.29) is 5.54 Å². The molecule has 0 saturated heterocycles. The number of rotatable bonds is 5. The quantitative estimate of drug-likeness (QED) is 0.797. The summed E-state index contributed by atoms with van der Waals surface area (Å²) in [6.45, 7) is 7.25. The largest absolute Gasteiger partial charge is 0.370 e. The van der Waals surface area contributed by atoms with Crippen LogP contribution in [0.4, 0.5) is 11.8 Å². The summed E-state index contributed by atoms with van der Waals surface area (Å²) < 4.78 is 0. The highest BCUT2D eigenvalue weighted by molar-refractivity contribution is 5.40. The van der Waals surface area contributed by atoms with E-state index in [0.717, 1.165) is 18.8 Å². The summed E-state index contributed by atoms with van der Waals surface area (Å²) >= 11 is 0. The number of aromatic nitrogens is 2. The maximum Gasteiger partial charge on any atom is 0.224 e.